The predicted molar refractivity (Wildman–Crippen MR) is 168 cm³/mol. The molecule has 0 bridgehead atoms. The van der Waals surface area contributed by atoms with Gasteiger partial charge in [-0.05, 0) is 44.6 Å². The summed E-state index contributed by atoms with van der Waals surface area (Å²) >= 11 is 8.22. The number of fused-ring (bicyclic) bond motifs is 1. The highest BCUT2D eigenvalue weighted by molar-refractivity contribution is 7.19. The number of thiophene rings is 1. The maximum Gasteiger partial charge on any atom is 0.335 e. The predicted octanol–water partition coefficient (Wildman–Crippen LogP) is 3.60. The average molecular weight is 666 g/mol. The Bertz CT molecular complexity index is 1380. The molecule has 13 heteroatoms. The largest absolute Gasteiger partial charge is 0.479 e. The van der Waals surface area contributed by atoms with E-state index < -0.39 is 42.8 Å². The lowest BCUT2D eigenvalue weighted by Gasteiger charge is -2.39. The molecule has 2 aliphatic heterocycles. The van der Waals surface area contributed by atoms with E-state index in [0.717, 1.165) is 21.4 Å². The molecule has 2 saturated heterocycles. The number of esters is 1. The van der Waals surface area contributed by atoms with Crippen molar-refractivity contribution in [2.24, 2.45) is 0 Å². The number of hydrogen-bond acceptors (Lipinski definition) is 10. The van der Waals surface area contributed by atoms with Gasteiger partial charge in [-0.25, -0.2) is 4.79 Å². The smallest absolute Gasteiger partial charge is 0.335 e. The highest BCUT2D eigenvalue weighted by Crippen LogP contribution is 2.36. The quantitative estimate of drug-likeness (QED) is 0.133. The molecule has 0 aliphatic carbocycles. The van der Waals surface area contributed by atoms with E-state index in [1.54, 1.807) is 22.3 Å². The van der Waals surface area contributed by atoms with Crippen molar-refractivity contribution in [3.63, 3.8) is 0 Å². The molecule has 3 unspecified atom stereocenters. The molecule has 0 spiro atoms. The molecule has 1 amide bonds. The van der Waals surface area contributed by atoms with Crippen LogP contribution in [0, 0.1) is 0 Å². The Kier molecular flexibility index (Phi) is 13.0. The van der Waals surface area contributed by atoms with Crippen molar-refractivity contribution in [3.8, 4) is 0 Å². The number of unbranched alkanes of at least 4 members (excludes halogenated alkanes) is 1. The zero-order valence-corrected chi connectivity index (χ0v) is 26.6. The van der Waals surface area contributed by atoms with Crippen LogP contribution in [0.15, 0.2) is 48.6 Å². The summed E-state index contributed by atoms with van der Waals surface area (Å²) in [4.78, 5) is 38.5. The number of amides is 1. The molecule has 246 valence electrons. The Hall–Kier alpha value is -2.84. The minimum absolute atomic E-state index is 0.0112. The maximum absolute atomic E-state index is 12.8. The minimum atomic E-state index is -1.83. The molecule has 1 aromatic heterocycles. The van der Waals surface area contributed by atoms with Crippen molar-refractivity contribution in [1.29, 1.82) is 0 Å². The highest BCUT2D eigenvalue weighted by atomic mass is 35.5. The second-order valence-electron chi connectivity index (χ2n) is 11.1. The van der Waals surface area contributed by atoms with Gasteiger partial charge in [0, 0.05) is 34.3 Å². The molecule has 0 radical (unpaired) electrons. The third-order valence-corrected chi connectivity index (χ3v) is 9.76. The van der Waals surface area contributed by atoms with E-state index in [1.807, 2.05) is 42.5 Å². The molecule has 45 heavy (non-hydrogen) atoms. The molecule has 0 saturated carbocycles. The number of ether oxygens (including phenoxy) is 3. The number of carboxylic acids is 1. The van der Waals surface area contributed by atoms with E-state index >= 15 is 0 Å². The third kappa shape index (κ3) is 9.13. The Balaban J connectivity index is 1.49. The van der Waals surface area contributed by atoms with Gasteiger partial charge >= 0.3 is 11.9 Å². The molecule has 2 fully saturated rings. The lowest BCUT2D eigenvalue weighted by molar-refractivity contribution is -0.300. The SMILES string of the molecule is COC(=O)CCC/C=C\CN1C(=O)CCC[C@@H]1/C=C/C(CCc1sc2ccccc2c1Cl)O[C@@H]1OC(C(=O)O)[C@@H](O)[C@H](O)C1O. The summed E-state index contributed by atoms with van der Waals surface area (Å²) in [5.41, 5.74) is 0. The normalized spacial score (nSPS) is 26.6. The van der Waals surface area contributed by atoms with Gasteiger partial charge in [0.25, 0.3) is 0 Å². The topological polar surface area (TPSA) is 163 Å². The summed E-state index contributed by atoms with van der Waals surface area (Å²) in [6.07, 6.45) is 2.48. The first kappa shape index (κ1) is 35.0. The van der Waals surface area contributed by atoms with Crippen LogP contribution in [0.5, 0.6) is 0 Å². The summed E-state index contributed by atoms with van der Waals surface area (Å²) in [6, 6.07) is 7.54. The van der Waals surface area contributed by atoms with Gasteiger partial charge in [0.15, 0.2) is 12.4 Å². The van der Waals surface area contributed by atoms with E-state index in [0.29, 0.717) is 56.5 Å². The molecule has 4 rings (SSSR count). The van der Waals surface area contributed by atoms with Crippen LogP contribution in [0.2, 0.25) is 5.02 Å². The lowest BCUT2D eigenvalue weighted by atomic mass is 9.98. The van der Waals surface area contributed by atoms with E-state index in [9.17, 15) is 34.8 Å². The van der Waals surface area contributed by atoms with Crippen LogP contribution < -0.4 is 0 Å². The van der Waals surface area contributed by atoms with Crippen molar-refractivity contribution >= 4 is 50.9 Å². The molecule has 2 aliphatic rings. The fraction of sp³-hybridized carbons (Fsp3) is 0.531. The van der Waals surface area contributed by atoms with Gasteiger partial charge in [-0.2, -0.15) is 0 Å². The van der Waals surface area contributed by atoms with Crippen LogP contribution >= 0.6 is 22.9 Å². The number of hydrogen-bond donors (Lipinski definition) is 4. The standard InChI is InChI=1S/C32H40ClNO10S/c1-42-25(36)13-4-2-3-7-18-34-19(9-8-12-24(34)35)14-15-20(16-17-23-26(33)21-10-5-6-11-22(21)45-23)43-32-29(39)27(37)28(38)30(44-32)31(40)41/h3,5-7,10-11,14-15,19-20,27-30,32,37-39H,2,4,8-9,12-13,16-18H2,1H3,(H,40,41)/b7-3-,15-14+/t19-,20?,27+,28+,29?,30?,32-/m1/s1. The van der Waals surface area contributed by atoms with Crippen molar-refractivity contribution < 1.29 is 49.0 Å². The number of piperidine rings is 1. The van der Waals surface area contributed by atoms with Crippen LogP contribution in [-0.4, -0.2) is 99.7 Å². The van der Waals surface area contributed by atoms with Crippen LogP contribution in [-0.2, 0) is 35.0 Å². The van der Waals surface area contributed by atoms with Crippen LogP contribution in [0.1, 0.15) is 49.8 Å². The number of allylic oxidation sites excluding steroid dienone is 1. The van der Waals surface area contributed by atoms with Crippen LogP contribution in [0.3, 0.4) is 0 Å². The van der Waals surface area contributed by atoms with E-state index in [4.69, 9.17) is 21.1 Å². The number of carbonyl (C=O) groups excluding carboxylic acids is 2. The Labute approximate surface area is 270 Å². The van der Waals surface area contributed by atoms with Crippen LogP contribution in [0.4, 0.5) is 0 Å². The minimum Gasteiger partial charge on any atom is -0.479 e. The highest BCUT2D eigenvalue weighted by Gasteiger charge is 2.48. The van der Waals surface area contributed by atoms with Gasteiger partial charge in [-0.15, -0.1) is 11.3 Å². The van der Waals surface area contributed by atoms with Gasteiger partial charge in [0.2, 0.25) is 5.91 Å². The summed E-state index contributed by atoms with van der Waals surface area (Å²) in [7, 11) is 1.35. The molecule has 2 aromatic rings. The van der Waals surface area contributed by atoms with Gasteiger partial charge < -0.3 is 39.5 Å². The maximum atomic E-state index is 12.8. The van der Waals surface area contributed by atoms with Gasteiger partial charge in [-0.1, -0.05) is 54.1 Å². The lowest BCUT2D eigenvalue weighted by Crippen LogP contribution is -2.60. The number of rotatable bonds is 14. The summed E-state index contributed by atoms with van der Waals surface area (Å²) < 4.78 is 17.1. The summed E-state index contributed by atoms with van der Waals surface area (Å²) in [5.74, 6) is -1.75. The molecular weight excluding hydrogens is 626 g/mol. The molecular formula is C32H40ClNO10S. The van der Waals surface area contributed by atoms with Crippen molar-refractivity contribution in [1.82, 2.24) is 4.90 Å². The van der Waals surface area contributed by atoms with Gasteiger partial charge in [0.1, 0.15) is 18.3 Å². The number of likely N-dealkylation sites (tertiary alicyclic amines) is 1. The number of carbonyl (C=O) groups is 3. The second kappa shape index (κ2) is 16.6. The Morgan fingerprint density at radius 3 is 2.69 bits per heavy atom. The number of nitrogens with zero attached hydrogens (tertiary/aromatic N) is 1. The third-order valence-electron chi connectivity index (χ3n) is 7.99. The molecule has 11 nitrogen and oxygen atoms in total. The second-order valence-corrected chi connectivity index (χ2v) is 12.6. The number of aliphatic hydroxyl groups is 3. The summed E-state index contributed by atoms with van der Waals surface area (Å²) in [6.45, 7) is 0.393. The number of benzene rings is 1. The van der Waals surface area contributed by atoms with E-state index in [2.05, 4.69) is 4.74 Å². The number of aryl methyl sites for hydroxylation is 1. The number of aliphatic hydroxyl groups excluding tert-OH is 3. The van der Waals surface area contributed by atoms with Crippen molar-refractivity contribution in [2.45, 2.75) is 94.2 Å². The van der Waals surface area contributed by atoms with Gasteiger partial charge in [0.05, 0.1) is 24.3 Å². The number of carboxylic acid groups (broad SMARTS) is 1. The van der Waals surface area contributed by atoms with Crippen molar-refractivity contribution in [2.75, 3.05) is 13.7 Å². The average Bonchev–Trinajstić information content (AvgIpc) is 3.35. The molecule has 4 N–H and O–H groups in total. The Morgan fingerprint density at radius 1 is 1.18 bits per heavy atom. The monoisotopic (exact) mass is 665 g/mol. The number of halogens is 1. The molecule has 3 heterocycles. The molecule has 1 aromatic carbocycles. The zero-order valence-electron chi connectivity index (χ0n) is 25.0. The fourth-order valence-electron chi connectivity index (χ4n) is 5.45. The van der Waals surface area contributed by atoms with Crippen LogP contribution in [0.25, 0.3) is 10.1 Å². The van der Waals surface area contributed by atoms with E-state index in [-0.39, 0.29) is 17.9 Å². The first-order chi connectivity index (χ1) is 21.6. The summed E-state index contributed by atoms with van der Waals surface area (Å²) in [5, 5.41) is 42.1. The Morgan fingerprint density at radius 2 is 1.96 bits per heavy atom. The first-order valence-electron chi connectivity index (χ1n) is 15.0. The van der Waals surface area contributed by atoms with E-state index in [1.165, 1.54) is 7.11 Å². The number of aliphatic carboxylic acids is 1. The molecule has 7 atom stereocenters. The number of methoxy groups -OCH3 is 1. The van der Waals surface area contributed by atoms with Gasteiger partial charge in [-0.3, -0.25) is 9.59 Å². The zero-order chi connectivity index (χ0) is 32.5. The first-order valence-corrected chi connectivity index (χ1v) is 16.2. The van der Waals surface area contributed by atoms with Crippen molar-refractivity contribution in [3.05, 3.63) is 58.5 Å². The fourth-order valence-corrected chi connectivity index (χ4v) is 7.00.